The second-order valence-corrected chi connectivity index (χ2v) is 17.5. The van der Waals surface area contributed by atoms with Crippen molar-refractivity contribution in [3.8, 4) is 0 Å². The molecule has 0 saturated carbocycles. The molecule has 23 heteroatoms. The molecule has 0 spiro atoms. The van der Waals surface area contributed by atoms with Crippen molar-refractivity contribution in [3.05, 3.63) is 0 Å². The van der Waals surface area contributed by atoms with Gasteiger partial charge in [0.05, 0.1) is 19.8 Å². The van der Waals surface area contributed by atoms with E-state index in [1.54, 1.807) is 13.8 Å². The smallest absolute Gasteiger partial charge is 0.326 e. The molecule has 400 valence electrons. The zero-order valence-corrected chi connectivity index (χ0v) is 40.9. The van der Waals surface area contributed by atoms with Gasteiger partial charge in [0.2, 0.25) is 29.5 Å². The summed E-state index contributed by atoms with van der Waals surface area (Å²) in [5.74, 6) is -10.1. The van der Waals surface area contributed by atoms with E-state index >= 15 is 0 Å². The molecule has 0 aromatic carbocycles. The van der Waals surface area contributed by atoms with E-state index in [1.807, 2.05) is 0 Å². The molecule has 0 aliphatic rings. The number of carboxylic acids is 5. The molecule has 0 aromatic heterocycles. The Morgan fingerprint density at radius 1 is 0.371 bits per heavy atom. The number of carbonyl (C=O) groups excluding carboxylic acids is 6. The summed E-state index contributed by atoms with van der Waals surface area (Å²) in [6.07, 6.45) is 12.5. The molecule has 5 amide bonds. The minimum atomic E-state index is -1.48. The van der Waals surface area contributed by atoms with Crippen LogP contribution in [0.25, 0.3) is 0 Å². The lowest BCUT2D eigenvalue weighted by atomic mass is 10.0. The third kappa shape index (κ3) is 36.3. The Balaban J connectivity index is 4.26. The molecule has 0 fully saturated rings. The minimum absolute atomic E-state index is 0.00553. The van der Waals surface area contributed by atoms with Crippen molar-refractivity contribution in [1.29, 1.82) is 0 Å². The fourth-order valence-electron chi connectivity index (χ4n) is 6.89. The quantitative estimate of drug-likeness (QED) is 0.0392. The van der Waals surface area contributed by atoms with Crippen LogP contribution in [-0.4, -0.2) is 148 Å². The lowest BCUT2D eigenvalue weighted by molar-refractivity contribution is -0.144. The van der Waals surface area contributed by atoms with E-state index in [0.29, 0.717) is 6.42 Å². The molecule has 23 nitrogen and oxygen atoms in total. The van der Waals surface area contributed by atoms with Gasteiger partial charge in [-0.1, -0.05) is 90.9 Å². The molecule has 70 heavy (non-hydrogen) atoms. The molecule has 0 heterocycles. The Morgan fingerprint density at radius 3 is 1.09 bits per heavy atom. The molecular weight excluding hydrogens is 923 g/mol. The van der Waals surface area contributed by atoms with Gasteiger partial charge in [0, 0.05) is 51.0 Å². The number of carbonyl (C=O) groups is 11. The first-order valence-corrected chi connectivity index (χ1v) is 24.5. The Hall–Kier alpha value is -5.71. The van der Waals surface area contributed by atoms with Crippen LogP contribution in [0.15, 0.2) is 0 Å². The van der Waals surface area contributed by atoms with Crippen LogP contribution in [0.4, 0.5) is 0 Å². The Labute approximate surface area is 409 Å². The van der Waals surface area contributed by atoms with E-state index in [2.05, 4.69) is 26.6 Å². The van der Waals surface area contributed by atoms with Crippen LogP contribution >= 0.6 is 0 Å². The van der Waals surface area contributed by atoms with Crippen molar-refractivity contribution in [2.24, 2.45) is 5.92 Å². The summed E-state index contributed by atoms with van der Waals surface area (Å²) in [6, 6.07) is -5.62. The number of amides is 5. The standard InChI is InChI=1S/C47H79N5O18/c1-32(2)37(53)23-19-33(44(61)62)50-40(56)26-22-36(47(67)68)52-42(58)31-70-30-29-69-28-27-48-38(54)24-20-34(45(63)64)51-41(57)25-21-35(46(65)66)49-39(55)17-15-13-11-9-7-5-3-4-6-8-10-12-14-16-18-43(59)60/h32-36H,3-31H2,1-2H3,(H,48,54)(H,49,55)(H,50,56)(H,51,57)(H,52,58)(H,59,60)(H,61,62)(H,63,64)(H,65,66)(H,67,68)/t33-,34-,35-,36-/m0/s1. The largest absolute Gasteiger partial charge is 0.481 e. The van der Waals surface area contributed by atoms with Crippen molar-refractivity contribution in [1.82, 2.24) is 26.6 Å². The summed E-state index contributed by atoms with van der Waals surface area (Å²) in [4.78, 5) is 131. The zero-order valence-electron chi connectivity index (χ0n) is 40.9. The first-order chi connectivity index (χ1) is 33.2. The van der Waals surface area contributed by atoms with E-state index in [0.717, 1.165) is 57.8 Å². The highest BCUT2D eigenvalue weighted by molar-refractivity contribution is 5.88. The summed E-state index contributed by atoms with van der Waals surface area (Å²) < 4.78 is 10.5. The minimum Gasteiger partial charge on any atom is -0.481 e. The lowest BCUT2D eigenvalue weighted by Crippen LogP contribution is -2.45. The highest BCUT2D eigenvalue weighted by Gasteiger charge is 2.26. The van der Waals surface area contributed by atoms with Crippen molar-refractivity contribution in [3.63, 3.8) is 0 Å². The van der Waals surface area contributed by atoms with Gasteiger partial charge in [-0.15, -0.1) is 0 Å². The fraction of sp³-hybridized carbons (Fsp3) is 0.766. The van der Waals surface area contributed by atoms with Crippen LogP contribution in [-0.2, 0) is 62.2 Å². The van der Waals surface area contributed by atoms with Crippen molar-refractivity contribution in [2.45, 2.75) is 192 Å². The predicted octanol–water partition coefficient (Wildman–Crippen LogP) is 3.09. The van der Waals surface area contributed by atoms with Gasteiger partial charge in [-0.25, -0.2) is 19.2 Å². The van der Waals surface area contributed by atoms with Crippen molar-refractivity contribution in [2.75, 3.05) is 33.0 Å². The molecule has 0 aliphatic heterocycles. The number of Topliss-reactive ketones (excluding diaryl/α,β-unsaturated/α-hetero) is 1. The van der Waals surface area contributed by atoms with Crippen LogP contribution in [0.1, 0.15) is 168 Å². The number of unbranched alkanes of at least 4 members (excludes halogenated alkanes) is 13. The SMILES string of the molecule is CC(C)C(=O)CC[C@H](NC(=O)CC[C@H](NC(=O)COCCOCCNC(=O)CC[C@H](NC(=O)CC[C@H](NC(=O)CCCCCCCCCCCCCCCCC(=O)O)C(=O)O)C(=O)O)C(=O)O)C(=O)O. The molecule has 4 atom stereocenters. The van der Waals surface area contributed by atoms with E-state index < -0.39 is 96.6 Å². The van der Waals surface area contributed by atoms with E-state index in [9.17, 15) is 73.2 Å². The first-order valence-electron chi connectivity index (χ1n) is 24.5. The molecule has 0 saturated heterocycles. The first kappa shape index (κ1) is 64.3. The number of hydrogen-bond donors (Lipinski definition) is 10. The molecule has 0 aliphatic carbocycles. The van der Waals surface area contributed by atoms with Crippen LogP contribution < -0.4 is 26.6 Å². The van der Waals surface area contributed by atoms with E-state index in [4.69, 9.17) is 14.6 Å². The molecule has 0 aromatic rings. The number of ketones is 1. The lowest BCUT2D eigenvalue weighted by Gasteiger charge is -2.17. The fourth-order valence-corrected chi connectivity index (χ4v) is 6.89. The summed E-state index contributed by atoms with van der Waals surface area (Å²) in [7, 11) is 0. The molecule has 0 radical (unpaired) electrons. The average Bonchev–Trinajstić information content (AvgIpc) is 3.29. The highest BCUT2D eigenvalue weighted by Crippen LogP contribution is 2.14. The molecule has 0 unspecified atom stereocenters. The van der Waals surface area contributed by atoms with Gasteiger partial charge in [-0.3, -0.25) is 33.6 Å². The number of aliphatic carboxylic acids is 5. The van der Waals surface area contributed by atoms with Gasteiger partial charge < -0.3 is 61.6 Å². The molecule has 10 N–H and O–H groups in total. The third-order valence-electron chi connectivity index (χ3n) is 11.1. The maximum atomic E-state index is 12.5. The van der Waals surface area contributed by atoms with Gasteiger partial charge >= 0.3 is 29.8 Å². The van der Waals surface area contributed by atoms with Gasteiger partial charge in [0.1, 0.15) is 36.6 Å². The third-order valence-corrected chi connectivity index (χ3v) is 11.1. The second kappa shape index (κ2) is 40.1. The van der Waals surface area contributed by atoms with E-state index in [1.165, 1.54) is 25.7 Å². The summed E-state index contributed by atoms with van der Waals surface area (Å²) >= 11 is 0. The highest BCUT2D eigenvalue weighted by atomic mass is 16.5. The van der Waals surface area contributed by atoms with E-state index in [-0.39, 0.29) is 95.9 Å². The van der Waals surface area contributed by atoms with Crippen molar-refractivity contribution < 1.29 is 87.7 Å². The summed E-state index contributed by atoms with van der Waals surface area (Å²) in [6.45, 7) is 2.68. The Morgan fingerprint density at radius 2 is 0.700 bits per heavy atom. The average molecular weight is 1000 g/mol. The predicted molar refractivity (Wildman–Crippen MR) is 251 cm³/mol. The van der Waals surface area contributed by atoms with Crippen LogP contribution in [0.2, 0.25) is 0 Å². The number of carboxylic acid groups (broad SMARTS) is 5. The maximum Gasteiger partial charge on any atom is 0.326 e. The maximum absolute atomic E-state index is 12.5. The van der Waals surface area contributed by atoms with Crippen molar-refractivity contribution >= 4 is 65.2 Å². The van der Waals surface area contributed by atoms with Gasteiger partial charge in [0.25, 0.3) is 0 Å². The number of rotatable bonds is 46. The van der Waals surface area contributed by atoms with Gasteiger partial charge in [0.15, 0.2) is 0 Å². The molecule has 0 bridgehead atoms. The monoisotopic (exact) mass is 1000 g/mol. The number of nitrogens with one attached hydrogen (secondary N) is 5. The number of ether oxygens (including phenoxy) is 2. The van der Waals surface area contributed by atoms with Crippen LogP contribution in [0.5, 0.6) is 0 Å². The Bertz CT molecular complexity index is 1640. The number of hydrogen-bond acceptors (Lipinski definition) is 13. The molecular formula is C47H79N5O18. The summed E-state index contributed by atoms with van der Waals surface area (Å²) in [5.41, 5.74) is 0. The molecule has 0 rings (SSSR count). The normalized spacial score (nSPS) is 12.7. The van der Waals surface area contributed by atoms with Crippen LogP contribution in [0, 0.1) is 5.92 Å². The summed E-state index contributed by atoms with van der Waals surface area (Å²) in [5, 5.41) is 58.3. The van der Waals surface area contributed by atoms with Gasteiger partial charge in [-0.05, 0) is 38.5 Å². The Kier molecular flexibility index (Phi) is 36.8. The topological polar surface area (TPSA) is 368 Å². The second-order valence-electron chi connectivity index (χ2n) is 17.5. The zero-order chi connectivity index (χ0) is 52.7. The van der Waals surface area contributed by atoms with Gasteiger partial charge in [-0.2, -0.15) is 0 Å². The van der Waals surface area contributed by atoms with Crippen LogP contribution in [0.3, 0.4) is 0 Å².